The molecule has 0 spiro atoms. The van der Waals surface area contributed by atoms with Crippen molar-refractivity contribution in [3.8, 4) is 0 Å². The molecular formula is C33H44O12Si. The third-order valence-electron chi connectivity index (χ3n) is 8.05. The smallest absolute Gasteiger partial charge is 0.303 e. The van der Waals surface area contributed by atoms with Gasteiger partial charge in [-0.15, -0.1) is 0 Å². The topological polar surface area (TPSA) is 145 Å². The van der Waals surface area contributed by atoms with Crippen LogP contribution in [0.5, 0.6) is 0 Å². The monoisotopic (exact) mass is 660 g/mol. The van der Waals surface area contributed by atoms with Crippen molar-refractivity contribution in [2.45, 2.75) is 95.8 Å². The van der Waals surface area contributed by atoms with Crippen LogP contribution in [-0.2, 0) is 52.0 Å². The lowest BCUT2D eigenvalue weighted by Gasteiger charge is -2.43. The Balaban J connectivity index is 1.67. The van der Waals surface area contributed by atoms with Crippen molar-refractivity contribution in [3.63, 3.8) is 0 Å². The van der Waals surface area contributed by atoms with E-state index in [1.165, 1.54) is 27.9 Å². The zero-order valence-electron chi connectivity index (χ0n) is 27.2. The molecule has 2 saturated heterocycles. The predicted molar refractivity (Wildman–Crippen MR) is 167 cm³/mol. The third-order valence-corrected chi connectivity index (χ3v) is 13.1. The fraction of sp³-hybridized carbons (Fsp3) is 0.545. The lowest BCUT2D eigenvalue weighted by atomic mass is 10.1. The molecule has 2 fully saturated rings. The molecular weight excluding hydrogens is 616 g/mol. The summed E-state index contributed by atoms with van der Waals surface area (Å²) in [5, 5.41) is 12.7. The van der Waals surface area contributed by atoms with Crippen molar-refractivity contribution in [2.75, 3.05) is 20.3 Å². The van der Waals surface area contributed by atoms with Crippen molar-refractivity contribution in [1.29, 1.82) is 0 Å². The van der Waals surface area contributed by atoms with Crippen molar-refractivity contribution in [1.82, 2.24) is 0 Å². The Morgan fingerprint density at radius 1 is 0.739 bits per heavy atom. The van der Waals surface area contributed by atoms with Crippen LogP contribution in [0.15, 0.2) is 60.7 Å². The number of benzene rings is 2. The minimum atomic E-state index is -3.01. The van der Waals surface area contributed by atoms with Gasteiger partial charge in [-0.3, -0.25) is 14.4 Å². The van der Waals surface area contributed by atoms with Gasteiger partial charge in [-0.05, 0) is 15.4 Å². The van der Waals surface area contributed by atoms with E-state index in [2.05, 4.69) is 45.0 Å². The molecule has 1 N–H and O–H groups in total. The summed E-state index contributed by atoms with van der Waals surface area (Å²) in [6, 6.07) is 20.1. The van der Waals surface area contributed by atoms with Gasteiger partial charge in [0.15, 0.2) is 24.8 Å². The number of rotatable bonds is 12. The molecule has 8 atom stereocenters. The minimum absolute atomic E-state index is 0.00404. The van der Waals surface area contributed by atoms with Crippen LogP contribution in [0.4, 0.5) is 0 Å². The molecule has 2 aromatic carbocycles. The highest BCUT2D eigenvalue weighted by molar-refractivity contribution is 6.99. The number of carbonyl (C=O) groups excluding carboxylic acids is 3. The standard InChI is InChI=1S/C33H44O12Si/c1-20(34)39-18-25-28(41-21(2)35)30(42-22(3)36)32(44-25)45-27-26(43-31(37)29(27)38-7)19-40-46(33(4,5)6,23-14-10-8-11-15-23)24-16-12-9-13-17-24/h8-17,25-32,37H,18-19H2,1-7H3/t25-,26-,27-,28-,29-,30+,31-,32-/m1/s1. The van der Waals surface area contributed by atoms with Gasteiger partial charge in [0, 0.05) is 27.9 Å². The summed E-state index contributed by atoms with van der Waals surface area (Å²) in [5.41, 5.74) is 0. The lowest BCUT2D eigenvalue weighted by Crippen LogP contribution is -2.67. The molecule has 0 bridgehead atoms. The molecule has 0 unspecified atom stereocenters. The Kier molecular flexibility index (Phi) is 11.8. The van der Waals surface area contributed by atoms with Gasteiger partial charge < -0.3 is 42.7 Å². The maximum absolute atomic E-state index is 12.1. The van der Waals surface area contributed by atoms with E-state index < -0.39 is 75.4 Å². The maximum Gasteiger partial charge on any atom is 0.303 e. The van der Waals surface area contributed by atoms with E-state index in [0.29, 0.717) is 0 Å². The normalized spacial score (nSPS) is 28.1. The highest BCUT2D eigenvalue weighted by Crippen LogP contribution is 2.39. The van der Waals surface area contributed by atoms with Gasteiger partial charge >= 0.3 is 17.9 Å². The fourth-order valence-corrected chi connectivity index (χ4v) is 10.7. The number of aliphatic hydroxyl groups excluding tert-OH is 1. The third kappa shape index (κ3) is 7.85. The maximum atomic E-state index is 12.1. The van der Waals surface area contributed by atoms with E-state index >= 15 is 0 Å². The molecule has 0 amide bonds. The number of carbonyl (C=O) groups is 3. The van der Waals surface area contributed by atoms with Gasteiger partial charge in [0.05, 0.1) is 6.61 Å². The van der Waals surface area contributed by atoms with Crippen molar-refractivity contribution in [3.05, 3.63) is 60.7 Å². The van der Waals surface area contributed by atoms with E-state index in [1.807, 2.05) is 36.4 Å². The molecule has 0 radical (unpaired) electrons. The zero-order valence-corrected chi connectivity index (χ0v) is 28.2. The number of aliphatic hydroxyl groups is 1. The molecule has 2 aliphatic heterocycles. The van der Waals surface area contributed by atoms with Crippen LogP contribution in [0, 0.1) is 0 Å². The van der Waals surface area contributed by atoms with Crippen LogP contribution < -0.4 is 10.4 Å². The molecule has 2 aliphatic rings. The highest BCUT2D eigenvalue weighted by atomic mass is 28.4. The zero-order chi connectivity index (χ0) is 33.6. The van der Waals surface area contributed by atoms with E-state index in [9.17, 15) is 19.5 Å². The molecule has 0 aliphatic carbocycles. The van der Waals surface area contributed by atoms with E-state index in [1.54, 1.807) is 0 Å². The summed E-state index contributed by atoms with van der Waals surface area (Å²) in [4.78, 5) is 35.7. The Bertz CT molecular complexity index is 1280. The number of ether oxygens (including phenoxy) is 7. The minimum Gasteiger partial charge on any atom is -0.463 e. The number of methoxy groups -OCH3 is 1. The van der Waals surface area contributed by atoms with Crippen LogP contribution in [0.3, 0.4) is 0 Å². The van der Waals surface area contributed by atoms with E-state index in [4.69, 9.17) is 37.6 Å². The molecule has 2 heterocycles. The predicted octanol–water partition coefficient (Wildman–Crippen LogP) is 1.83. The summed E-state index contributed by atoms with van der Waals surface area (Å²) in [5.74, 6) is -1.92. The number of hydrogen-bond acceptors (Lipinski definition) is 12. The van der Waals surface area contributed by atoms with Crippen molar-refractivity contribution < 1.29 is 57.1 Å². The number of esters is 3. The van der Waals surface area contributed by atoms with Gasteiger partial charge in [0.2, 0.25) is 0 Å². The van der Waals surface area contributed by atoms with Crippen LogP contribution in [0.25, 0.3) is 0 Å². The molecule has 0 aromatic heterocycles. The summed E-state index contributed by atoms with van der Waals surface area (Å²) in [6.45, 7) is 9.76. The highest BCUT2D eigenvalue weighted by Gasteiger charge is 2.56. The Morgan fingerprint density at radius 3 is 1.74 bits per heavy atom. The second-order valence-corrected chi connectivity index (χ2v) is 16.6. The van der Waals surface area contributed by atoms with Gasteiger partial charge in [0.25, 0.3) is 8.32 Å². The summed E-state index contributed by atoms with van der Waals surface area (Å²) in [6.07, 6.45) is -8.88. The molecule has 4 rings (SSSR count). The van der Waals surface area contributed by atoms with Crippen molar-refractivity contribution in [2.24, 2.45) is 0 Å². The SMILES string of the molecule is CO[C@@H]1[C@H](O[C@H]2O[C@H](COC(C)=O)[C@@H](OC(C)=O)[C@@H]2OC(C)=O)[C@@H](CO[Si](c2ccccc2)(c2ccccc2)C(C)(C)C)O[C@H]1O. The van der Waals surface area contributed by atoms with Gasteiger partial charge in [-0.25, -0.2) is 0 Å². The lowest BCUT2D eigenvalue weighted by molar-refractivity contribution is -0.224. The van der Waals surface area contributed by atoms with Crippen LogP contribution in [-0.4, -0.2) is 101 Å². The van der Waals surface area contributed by atoms with Crippen LogP contribution >= 0.6 is 0 Å². The Labute approximate surface area is 270 Å². The summed E-state index contributed by atoms with van der Waals surface area (Å²) in [7, 11) is -1.60. The molecule has 2 aromatic rings. The summed E-state index contributed by atoms with van der Waals surface area (Å²) >= 11 is 0. The molecule has 13 heteroatoms. The second-order valence-electron chi connectivity index (χ2n) is 12.3. The van der Waals surface area contributed by atoms with E-state index in [-0.39, 0.29) is 18.3 Å². The average Bonchev–Trinajstić information content (AvgIpc) is 3.46. The first-order valence-corrected chi connectivity index (χ1v) is 17.1. The van der Waals surface area contributed by atoms with Gasteiger partial charge in [-0.1, -0.05) is 81.4 Å². The first kappa shape index (κ1) is 35.7. The number of hydrogen-bond donors (Lipinski definition) is 1. The van der Waals surface area contributed by atoms with Gasteiger partial charge in [0.1, 0.15) is 31.0 Å². The van der Waals surface area contributed by atoms with Gasteiger partial charge in [-0.2, -0.15) is 0 Å². The van der Waals surface area contributed by atoms with Crippen LogP contribution in [0.1, 0.15) is 41.5 Å². The first-order valence-electron chi connectivity index (χ1n) is 15.2. The Morgan fingerprint density at radius 2 is 1.26 bits per heavy atom. The molecule has 12 nitrogen and oxygen atoms in total. The van der Waals surface area contributed by atoms with Crippen LogP contribution in [0.2, 0.25) is 5.04 Å². The first-order chi connectivity index (χ1) is 21.8. The second kappa shape index (κ2) is 15.2. The molecule has 46 heavy (non-hydrogen) atoms. The summed E-state index contributed by atoms with van der Waals surface area (Å²) < 4.78 is 47.1. The van der Waals surface area contributed by atoms with Crippen molar-refractivity contribution >= 4 is 36.6 Å². The molecule has 0 saturated carbocycles. The van der Waals surface area contributed by atoms with E-state index in [0.717, 1.165) is 10.4 Å². The Hall–Kier alpha value is -3.17. The quantitative estimate of drug-likeness (QED) is 0.201. The molecule has 252 valence electrons. The average molecular weight is 661 g/mol. The fourth-order valence-electron chi connectivity index (χ4n) is 6.17. The largest absolute Gasteiger partial charge is 0.463 e.